The molecule has 8 heteroatoms. The van der Waals surface area contributed by atoms with Gasteiger partial charge in [-0.3, -0.25) is 4.79 Å². The number of ketones is 1. The quantitative estimate of drug-likeness (QED) is 0.382. The molecule has 0 aromatic carbocycles. The van der Waals surface area contributed by atoms with Gasteiger partial charge in [-0.2, -0.15) is 0 Å². The van der Waals surface area contributed by atoms with Crippen LogP contribution in [0.15, 0.2) is 11.6 Å². The number of aliphatic hydroxyl groups is 4. The first-order chi connectivity index (χ1) is 13.0. The molecule has 2 bridgehead atoms. The summed E-state index contributed by atoms with van der Waals surface area (Å²) in [5.74, 6) is -3.06. The van der Waals surface area contributed by atoms with E-state index in [1.807, 2.05) is 6.92 Å². The Hall–Kier alpha value is -1.32. The summed E-state index contributed by atoms with van der Waals surface area (Å²) in [5, 5.41) is 44.3. The lowest BCUT2D eigenvalue weighted by Gasteiger charge is -2.68. The highest BCUT2D eigenvalue weighted by Gasteiger charge is 2.82. The van der Waals surface area contributed by atoms with E-state index in [4.69, 9.17) is 9.47 Å². The van der Waals surface area contributed by atoms with Crippen molar-refractivity contribution in [1.82, 2.24) is 0 Å². The van der Waals surface area contributed by atoms with E-state index in [1.54, 1.807) is 13.8 Å². The maximum atomic E-state index is 12.5. The van der Waals surface area contributed by atoms with Crippen molar-refractivity contribution in [2.75, 3.05) is 6.61 Å². The average molecular weight is 394 g/mol. The normalized spacial score (nSPS) is 59.9. The van der Waals surface area contributed by atoms with Gasteiger partial charge in [0.25, 0.3) is 0 Å². The van der Waals surface area contributed by atoms with E-state index in [0.717, 1.165) is 0 Å². The van der Waals surface area contributed by atoms with E-state index < -0.39 is 70.7 Å². The Morgan fingerprint density at radius 1 is 1.07 bits per heavy atom. The Morgan fingerprint density at radius 3 is 2.43 bits per heavy atom. The van der Waals surface area contributed by atoms with E-state index in [1.165, 1.54) is 6.08 Å². The van der Waals surface area contributed by atoms with E-state index in [0.29, 0.717) is 5.57 Å². The highest BCUT2D eigenvalue weighted by molar-refractivity contribution is 5.92. The molecule has 5 rings (SSSR count). The largest absolute Gasteiger partial charge is 0.457 e. The van der Waals surface area contributed by atoms with Crippen LogP contribution in [-0.4, -0.2) is 74.9 Å². The monoisotopic (exact) mass is 394 g/mol. The lowest BCUT2D eigenvalue weighted by molar-refractivity contribution is -0.307. The fourth-order valence-electron chi connectivity index (χ4n) is 7.80. The van der Waals surface area contributed by atoms with Crippen LogP contribution in [0.1, 0.15) is 27.2 Å². The van der Waals surface area contributed by atoms with Crippen molar-refractivity contribution in [3.05, 3.63) is 11.6 Å². The first-order valence-electron chi connectivity index (χ1n) is 9.78. The second-order valence-electron chi connectivity index (χ2n) is 9.78. The predicted molar refractivity (Wildman–Crippen MR) is 92.7 cm³/mol. The van der Waals surface area contributed by atoms with Crippen LogP contribution < -0.4 is 0 Å². The van der Waals surface area contributed by atoms with Crippen molar-refractivity contribution < 1.29 is 39.5 Å². The molecule has 2 saturated heterocycles. The molecule has 8 nitrogen and oxygen atoms in total. The predicted octanol–water partition coefficient (Wildman–Crippen LogP) is -1.07. The lowest BCUT2D eigenvalue weighted by atomic mass is 9.38. The maximum absolute atomic E-state index is 12.5. The number of rotatable bonds is 0. The summed E-state index contributed by atoms with van der Waals surface area (Å²) >= 11 is 0. The van der Waals surface area contributed by atoms with Crippen molar-refractivity contribution >= 4 is 11.8 Å². The van der Waals surface area contributed by atoms with Crippen LogP contribution in [0.2, 0.25) is 0 Å². The summed E-state index contributed by atoms with van der Waals surface area (Å²) in [6.07, 6.45) is -4.69. The molecular formula is C20H26O8. The summed E-state index contributed by atoms with van der Waals surface area (Å²) in [6.45, 7) is 5.17. The molecule has 1 unspecified atom stereocenters. The summed E-state index contributed by atoms with van der Waals surface area (Å²) in [6, 6.07) is 0. The molecule has 4 fully saturated rings. The van der Waals surface area contributed by atoms with Gasteiger partial charge in [0.05, 0.1) is 18.8 Å². The Labute approximate surface area is 162 Å². The van der Waals surface area contributed by atoms with E-state index in [-0.39, 0.29) is 18.8 Å². The van der Waals surface area contributed by atoms with Gasteiger partial charge < -0.3 is 29.9 Å². The zero-order valence-corrected chi connectivity index (χ0v) is 16.0. The Morgan fingerprint density at radius 2 is 1.75 bits per heavy atom. The van der Waals surface area contributed by atoms with Gasteiger partial charge in [0.15, 0.2) is 11.9 Å². The summed E-state index contributed by atoms with van der Waals surface area (Å²) in [4.78, 5) is 24.9. The first-order valence-corrected chi connectivity index (χ1v) is 9.78. The second kappa shape index (κ2) is 5.23. The third-order valence-electron chi connectivity index (χ3n) is 8.50. The van der Waals surface area contributed by atoms with Gasteiger partial charge in [-0.1, -0.05) is 12.5 Å². The zero-order valence-electron chi connectivity index (χ0n) is 16.0. The van der Waals surface area contributed by atoms with Gasteiger partial charge in [0, 0.05) is 29.6 Å². The van der Waals surface area contributed by atoms with Crippen molar-refractivity contribution in [3.8, 4) is 0 Å². The van der Waals surface area contributed by atoms with Crippen LogP contribution in [0.25, 0.3) is 0 Å². The topological polar surface area (TPSA) is 134 Å². The molecule has 4 N–H and O–H groups in total. The average Bonchev–Trinajstić information content (AvgIpc) is 2.86. The first kappa shape index (κ1) is 18.7. The summed E-state index contributed by atoms with van der Waals surface area (Å²) in [5.41, 5.74) is -2.68. The third-order valence-corrected chi connectivity index (χ3v) is 8.50. The fourth-order valence-corrected chi connectivity index (χ4v) is 7.80. The molecule has 0 aromatic heterocycles. The molecule has 0 amide bonds. The number of hydrogen-bond donors (Lipinski definition) is 4. The Bertz CT molecular complexity index is 808. The molecule has 154 valence electrons. The van der Waals surface area contributed by atoms with Crippen LogP contribution in [0.3, 0.4) is 0 Å². The maximum Gasteiger partial charge on any atom is 0.335 e. The molecule has 2 saturated carbocycles. The SMILES string of the molecule is CC1=CC(=O)C[C@@]2(C)[C@H]1[C@@H](O)[C@H]1OC(=O)[C@H](O)[C@@H]3C4(C)OC[C@]13[C@@H]2[C@@H](O)[C@@H]4O. The highest BCUT2D eigenvalue weighted by Crippen LogP contribution is 2.72. The van der Waals surface area contributed by atoms with E-state index >= 15 is 0 Å². The molecule has 0 aromatic rings. The summed E-state index contributed by atoms with van der Waals surface area (Å²) < 4.78 is 11.5. The Kier molecular flexibility index (Phi) is 3.49. The van der Waals surface area contributed by atoms with E-state index in [9.17, 15) is 30.0 Å². The number of carbonyl (C=O) groups excluding carboxylic acids is 2. The van der Waals surface area contributed by atoms with Crippen LogP contribution in [0.4, 0.5) is 0 Å². The molecule has 3 aliphatic carbocycles. The molecule has 0 radical (unpaired) electrons. The number of ether oxygens (including phenoxy) is 2. The molecule has 28 heavy (non-hydrogen) atoms. The minimum absolute atomic E-state index is 0.0122. The molecule has 11 atom stereocenters. The number of aliphatic hydroxyl groups excluding tert-OH is 4. The van der Waals surface area contributed by atoms with Gasteiger partial charge in [-0.25, -0.2) is 4.79 Å². The van der Waals surface area contributed by atoms with Crippen LogP contribution in [0, 0.1) is 28.6 Å². The standard InChI is InChI=1S/C20H26O8/c1-7-4-8(21)5-18(2)9(7)10(22)16-20-6-27-19(3,15(25)11(23)13(18)20)14(20)12(24)17(26)28-16/h4,9-16,22-25H,5-6H2,1-3H3/t9-,10-,11-,12-,13-,14-,15+,16-,18+,19?,20-/m1/s1. The van der Waals surface area contributed by atoms with Crippen molar-refractivity contribution in [3.63, 3.8) is 0 Å². The third kappa shape index (κ3) is 1.76. The number of hydrogen-bond acceptors (Lipinski definition) is 8. The molecule has 1 spiro atoms. The van der Waals surface area contributed by atoms with Gasteiger partial charge in [0.1, 0.15) is 17.8 Å². The number of allylic oxidation sites excluding steroid dienone is 1. The molecular weight excluding hydrogens is 368 g/mol. The van der Waals surface area contributed by atoms with Crippen molar-refractivity contribution in [2.45, 2.75) is 63.3 Å². The van der Waals surface area contributed by atoms with Gasteiger partial charge >= 0.3 is 5.97 Å². The smallest absolute Gasteiger partial charge is 0.335 e. The van der Waals surface area contributed by atoms with Crippen LogP contribution >= 0.6 is 0 Å². The zero-order chi connectivity index (χ0) is 20.4. The van der Waals surface area contributed by atoms with Gasteiger partial charge in [-0.05, 0) is 25.3 Å². The Balaban J connectivity index is 1.80. The van der Waals surface area contributed by atoms with Crippen LogP contribution in [0.5, 0.6) is 0 Å². The minimum atomic E-state index is -1.54. The van der Waals surface area contributed by atoms with Gasteiger partial charge in [-0.15, -0.1) is 0 Å². The highest BCUT2D eigenvalue weighted by atomic mass is 16.6. The molecule has 5 aliphatic rings. The number of carbonyl (C=O) groups is 2. The number of fused-ring (bicyclic) bond motifs is 2. The second-order valence-corrected chi connectivity index (χ2v) is 9.78. The lowest BCUT2D eigenvalue weighted by Crippen LogP contribution is -2.79. The number of esters is 1. The minimum Gasteiger partial charge on any atom is -0.457 e. The van der Waals surface area contributed by atoms with Crippen molar-refractivity contribution in [2.24, 2.45) is 28.6 Å². The van der Waals surface area contributed by atoms with Crippen LogP contribution in [-0.2, 0) is 19.1 Å². The van der Waals surface area contributed by atoms with Gasteiger partial charge in [0.2, 0.25) is 0 Å². The molecule has 2 heterocycles. The van der Waals surface area contributed by atoms with E-state index in [2.05, 4.69) is 0 Å². The fraction of sp³-hybridized carbons (Fsp3) is 0.800. The van der Waals surface area contributed by atoms with Crippen molar-refractivity contribution in [1.29, 1.82) is 0 Å². The molecule has 2 aliphatic heterocycles. The summed E-state index contributed by atoms with van der Waals surface area (Å²) in [7, 11) is 0.